The maximum absolute atomic E-state index is 13.8. The predicted molar refractivity (Wildman–Crippen MR) is 142 cm³/mol. The van der Waals surface area contributed by atoms with Gasteiger partial charge in [0.25, 0.3) is 0 Å². The van der Waals surface area contributed by atoms with Gasteiger partial charge in [0.1, 0.15) is 11.9 Å². The van der Waals surface area contributed by atoms with Crippen molar-refractivity contribution < 1.29 is 30.0 Å². The molecule has 2 aromatic rings. The second-order valence-corrected chi connectivity index (χ2v) is 13.1. The molecule has 6 aliphatic rings. The lowest BCUT2D eigenvalue weighted by Crippen LogP contribution is -2.78. The minimum Gasteiger partial charge on any atom is -0.508 e. The highest BCUT2D eigenvalue weighted by Gasteiger charge is 2.74. The van der Waals surface area contributed by atoms with Gasteiger partial charge in [0.05, 0.1) is 22.7 Å². The summed E-state index contributed by atoms with van der Waals surface area (Å²) in [5.41, 5.74) is 0.678. The van der Waals surface area contributed by atoms with Crippen molar-refractivity contribution in [3.05, 3.63) is 53.1 Å². The van der Waals surface area contributed by atoms with E-state index in [9.17, 15) is 25.2 Å². The minimum absolute atomic E-state index is 0.0877. The SMILES string of the molecule is CN(C(=O)C1CC1c1ccc(O)cc1)[C@@H]1CC[C@@]2(O)C3Cc4ccc(O)c5c4C2(CCN3CC2(O)CC2)[C@H]1O5. The third-order valence-electron chi connectivity index (χ3n) is 11.1. The number of likely N-dealkylation sites (N-methyl/N-ethyl adjacent to an activating group) is 1. The summed E-state index contributed by atoms with van der Waals surface area (Å²) in [6.07, 6.45) is 4.41. The highest BCUT2D eigenvalue weighted by molar-refractivity contribution is 5.83. The summed E-state index contributed by atoms with van der Waals surface area (Å²) in [6, 6.07) is 10.4. The molecule has 1 saturated heterocycles. The topological polar surface area (TPSA) is 114 Å². The van der Waals surface area contributed by atoms with Crippen LogP contribution >= 0.6 is 0 Å². The van der Waals surface area contributed by atoms with E-state index >= 15 is 0 Å². The normalized spacial score (nSPS) is 38.5. The Balaban J connectivity index is 1.13. The molecular weight excluding hydrogens is 496 g/mol. The summed E-state index contributed by atoms with van der Waals surface area (Å²) in [5, 5.41) is 43.9. The van der Waals surface area contributed by atoms with Crippen molar-refractivity contribution >= 4 is 5.91 Å². The fourth-order valence-electron chi connectivity index (χ4n) is 8.85. The van der Waals surface area contributed by atoms with Gasteiger partial charge in [-0.05, 0) is 86.7 Å². The number of benzene rings is 2. The number of β-amino-alcohol motifs (C(OH)–C–C–N with tert-alkyl or cyclic N) is 1. The van der Waals surface area contributed by atoms with Gasteiger partial charge >= 0.3 is 0 Å². The van der Waals surface area contributed by atoms with E-state index in [-0.39, 0.29) is 41.3 Å². The zero-order chi connectivity index (χ0) is 26.9. The van der Waals surface area contributed by atoms with Crippen molar-refractivity contribution in [1.29, 1.82) is 0 Å². The summed E-state index contributed by atoms with van der Waals surface area (Å²) >= 11 is 0. The second kappa shape index (κ2) is 7.68. The van der Waals surface area contributed by atoms with Crippen LogP contribution in [0.5, 0.6) is 17.2 Å². The zero-order valence-corrected chi connectivity index (χ0v) is 22.2. The molecule has 8 rings (SSSR count). The van der Waals surface area contributed by atoms with E-state index in [0.717, 1.165) is 42.5 Å². The van der Waals surface area contributed by atoms with Gasteiger partial charge in [-0.3, -0.25) is 9.69 Å². The maximum atomic E-state index is 13.8. The summed E-state index contributed by atoms with van der Waals surface area (Å²) in [6.45, 7) is 1.31. The number of hydrogen-bond donors (Lipinski definition) is 4. The first-order valence-corrected chi connectivity index (χ1v) is 14.4. The number of phenols is 2. The maximum Gasteiger partial charge on any atom is 0.226 e. The van der Waals surface area contributed by atoms with Crippen LogP contribution in [0.4, 0.5) is 0 Å². The van der Waals surface area contributed by atoms with Crippen LogP contribution in [0, 0.1) is 5.92 Å². The van der Waals surface area contributed by atoms with Gasteiger partial charge in [0.15, 0.2) is 11.5 Å². The molecule has 1 amide bonds. The molecular formula is C31H36N2O6. The number of aliphatic hydroxyl groups is 2. The average Bonchev–Trinajstić information content (AvgIpc) is 3.82. The molecule has 2 aromatic carbocycles. The molecule has 1 spiro atoms. The lowest BCUT2D eigenvalue weighted by Gasteiger charge is -2.64. The van der Waals surface area contributed by atoms with Crippen molar-refractivity contribution in [3.63, 3.8) is 0 Å². The van der Waals surface area contributed by atoms with Crippen LogP contribution in [-0.2, 0) is 16.6 Å². The first-order chi connectivity index (χ1) is 18.7. The van der Waals surface area contributed by atoms with Gasteiger partial charge < -0.3 is 30.1 Å². The van der Waals surface area contributed by atoms with Crippen molar-refractivity contribution in [3.8, 4) is 17.2 Å². The second-order valence-electron chi connectivity index (χ2n) is 13.1. The number of likely N-dealkylation sites (tertiary alicyclic amines) is 1. The quantitative estimate of drug-likeness (QED) is 0.468. The molecule has 2 aliphatic heterocycles. The first kappa shape index (κ1) is 24.0. The Hall–Kier alpha value is -2.81. The lowest BCUT2D eigenvalue weighted by atomic mass is 9.48. The highest BCUT2D eigenvalue weighted by Crippen LogP contribution is 2.66. The number of aromatic hydroxyl groups is 2. The molecule has 39 heavy (non-hydrogen) atoms. The van der Waals surface area contributed by atoms with Crippen LogP contribution in [0.2, 0.25) is 0 Å². The van der Waals surface area contributed by atoms with E-state index in [1.54, 1.807) is 18.2 Å². The number of piperidine rings is 1. The first-order valence-electron chi connectivity index (χ1n) is 14.4. The molecule has 206 valence electrons. The number of rotatable bonds is 5. The molecule has 3 saturated carbocycles. The van der Waals surface area contributed by atoms with Gasteiger partial charge in [-0.15, -0.1) is 0 Å². The molecule has 2 bridgehead atoms. The molecule has 8 heteroatoms. The van der Waals surface area contributed by atoms with E-state index in [0.29, 0.717) is 38.0 Å². The fraction of sp³-hybridized carbons (Fsp3) is 0.581. The number of amides is 1. The van der Waals surface area contributed by atoms with Gasteiger partial charge in [-0.25, -0.2) is 0 Å². The van der Waals surface area contributed by atoms with E-state index in [4.69, 9.17) is 4.74 Å². The third kappa shape index (κ3) is 3.14. The standard InChI is InChI=1S/C31H36N2O6/c1-32(28(36)21-15-20(21)17-2-5-19(34)6-3-17)22-8-9-31(38)24-14-18-4-7-23(35)26-25(18)30(31,27(22)39-26)12-13-33(24)16-29(37)10-11-29/h2-7,20-22,24,27,34-35,37-38H,8-16H2,1H3/t20?,21?,22-,24?,27+,30?,31-/m1/s1. The van der Waals surface area contributed by atoms with Gasteiger partial charge in [0.2, 0.25) is 5.91 Å². The Bertz CT molecular complexity index is 1370. The smallest absolute Gasteiger partial charge is 0.226 e. The molecule has 4 N–H and O–H groups in total. The average molecular weight is 533 g/mol. The largest absolute Gasteiger partial charge is 0.508 e. The van der Waals surface area contributed by atoms with Crippen LogP contribution < -0.4 is 4.74 Å². The van der Waals surface area contributed by atoms with Crippen LogP contribution in [0.3, 0.4) is 0 Å². The Morgan fingerprint density at radius 1 is 1.08 bits per heavy atom. The van der Waals surface area contributed by atoms with Gasteiger partial charge in [-0.2, -0.15) is 0 Å². The predicted octanol–water partition coefficient (Wildman–Crippen LogP) is 2.41. The van der Waals surface area contributed by atoms with Crippen molar-refractivity contribution in [2.24, 2.45) is 5.92 Å². The summed E-state index contributed by atoms with van der Waals surface area (Å²) in [7, 11) is 1.87. The van der Waals surface area contributed by atoms with Crippen molar-refractivity contribution in [2.75, 3.05) is 20.1 Å². The van der Waals surface area contributed by atoms with Crippen molar-refractivity contribution in [2.45, 2.75) is 85.7 Å². The summed E-state index contributed by atoms with van der Waals surface area (Å²) < 4.78 is 6.63. The Morgan fingerprint density at radius 2 is 1.85 bits per heavy atom. The summed E-state index contributed by atoms with van der Waals surface area (Å²) in [5.74, 6) is 0.916. The van der Waals surface area contributed by atoms with Gasteiger partial charge in [-0.1, -0.05) is 18.2 Å². The highest BCUT2D eigenvalue weighted by atomic mass is 16.5. The molecule has 0 aromatic heterocycles. The van der Waals surface area contributed by atoms with Crippen LogP contribution in [0.1, 0.15) is 61.1 Å². The van der Waals surface area contributed by atoms with Crippen LogP contribution in [-0.4, -0.2) is 85.7 Å². The molecule has 4 aliphatic carbocycles. The Morgan fingerprint density at radius 3 is 2.59 bits per heavy atom. The molecule has 7 atom stereocenters. The minimum atomic E-state index is -1.07. The number of nitrogens with zero attached hydrogens (tertiary/aromatic N) is 2. The Labute approximate surface area is 227 Å². The molecule has 2 heterocycles. The van der Waals surface area contributed by atoms with E-state index in [1.807, 2.05) is 30.1 Å². The molecule has 4 unspecified atom stereocenters. The molecule has 8 nitrogen and oxygen atoms in total. The fourth-order valence-corrected chi connectivity index (χ4v) is 8.85. The monoisotopic (exact) mass is 532 g/mol. The molecule has 0 radical (unpaired) electrons. The number of carbonyl (C=O) groups is 1. The lowest BCUT2D eigenvalue weighted by molar-refractivity contribution is -0.203. The number of hydrogen-bond acceptors (Lipinski definition) is 7. The van der Waals surface area contributed by atoms with E-state index in [2.05, 4.69) is 4.90 Å². The van der Waals surface area contributed by atoms with E-state index < -0.39 is 22.7 Å². The van der Waals surface area contributed by atoms with E-state index in [1.165, 1.54) is 0 Å². The molecule has 4 fully saturated rings. The Kier molecular flexibility index (Phi) is 4.73. The van der Waals surface area contributed by atoms with Gasteiger partial charge in [0, 0.05) is 31.1 Å². The van der Waals surface area contributed by atoms with Crippen LogP contribution in [0.15, 0.2) is 36.4 Å². The zero-order valence-electron chi connectivity index (χ0n) is 22.2. The summed E-state index contributed by atoms with van der Waals surface area (Å²) in [4.78, 5) is 17.9. The number of ether oxygens (including phenoxy) is 1. The number of phenolic OH excluding ortho intramolecular Hbond substituents is 2. The van der Waals surface area contributed by atoms with Crippen LogP contribution in [0.25, 0.3) is 0 Å². The third-order valence-corrected chi connectivity index (χ3v) is 11.1. The number of carbonyl (C=O) groups excluding carboxylic acids is 1. The van der Waals surface area contributed by atoms with Crippen molar-refractivity contribution in [1.82, 2.24) is 9.80 Å².